The predicted molar refractivity (Wildman–Crippen MR) is 82.1 cm³/mol. The number of carboxylic acid groups (broad SMARTS) is 1. The number of rotatable bonds is 7. The third-order valence-electron chi connectivity index (χ3n) is 3.86. The van der Waals surface area contributed by atoms with Crippen molar-refractivity contribution in [1.82, 2.24) is 4.90 Å². The molecule has 25 heavy (non-hydrogen) atoms. The summed E-state index contributed by atoms with van der Waals surface area (Å²) in [6.45, 7) is 1.12. The Morgan fingerprint density at radius 1 is 1.36 bits per heavy atom. The maximum absolute atomic E-state index is 12.3. The number of aliphatic hydroxyl groups is 1. The van der Waals surface area contributed by atoms with Crippen LogP contribution < -0.4 is 5.11 Å². The lowest BCUT2D eigenvalue weighted by atomic mass is 9.96. The molecule has 9 heteroatoms. The van der Waals surface area contributed by atoms with Crippen LogP contribution in [0, 0.1) is 10.1 Å². The van der Waals surface area contributed by atoms with Gasteiger partial charge in [-0.15, -0.1) is 0 Å². The Labute approximate surface area is 142 Å². The molecule has 1 aliphatic rings. The van der Waals surface area contributed by atoms with Crippen LogP contribution in [0.25, 0.3) is 0 Å². The van der Waals surface area contributed by atoms with E-state index < -0.39 is 34.4 Å². The normalized spacial score (nSPS) is 17.1. The highest BCUT2D eigenvalue weighted by Crippen LogP contribution is 2.38. The van der Waals surface area contributed by atoms with Gasteiger partial charge in [0.05, 0.1) is 16.5 Å². The minimum atomic E-state index is -1.29. The van der Waals surface area contributed by atoms with Crippen LogP contribution in [0.3, 0.4) is 0 Å². The number of aliphatic hydroxyl groups excluding tert-OH is 1. The highest BCUT2D eigenvalue weighted by Gasteiger charge is 2.42. The van der Waals surface area contributed by atoms with Crippen molar-refractivity contribution in [3.8, 4) is 0 Å². The summed E-state index contributed by atoms with van der Waals surface area (Å²) in [5.74, 6) is -3.38. The molecule has 0 radical (unpaired) electrons. The predicted octanol–water partition coefficient (Wildman–Crippen LogP) is 0.409. The second kappa shape index (κ2) is 7.12. The van der Waals surface area contributed by atoms with E-state index in [1.165, 1.54) is 31.2 Å². The zero-order valence-corrected chi connectivity index (χ0v) is 13.3. The van der Waals surface area contributed by atoms with Gasteiger partial charge in [0.25, 0.3) is 11.6 Å². The standard InChI is InChI=1S/C16H16N2O7/c1-9(19)13-14(10-4-2-5-11(8-10)18(24)25)17(16(23)15(13)22)7-3-6-12(20)21/h2,4-5,8,14,22H,3,6-7H2,1H3,(H,20,21)/p-1/t14-/m0/s1. The molecule has 1 N–H and O–H groups in total. The number of carbonyl (C=O) groups excluding carboxylic acids is 3. The van der Waals surface area contributed by atoms with E-state index in [0.717, 1.165) is 4.90 Å². The summed E-state index contributed by atoms with van der Waals surface area (Å²) >= 11 is 0. The molecule has 1 amide bonds. The summed E-state index contributed by atoms with van der Waals surface area (Å²) in [6, 6.07) is 4.37. The van der Waals surface area contributed by atoms with E-state index >= 15 is 0 Å². The number of nitro benzene ring substituents is 1. The fourth-order valence-corrected chi connectivity index (χ4v) is 2.79. The van der Waals surface area contributed by atoms with E-state index in [4.69, 9.17) is 0 Å². The molecule has 0 saturated heterocycles. The minimum Gasteiger partial charge on any atom is -0.550 e. The van der Waals surface area contributed by atoms with Gasteiger partial charge in [0.2, 0.25) is 0 Å². The summed E-state index contributed by atoms with van der Waals surface area (Å²) < 4.78 is 0. The fraction of sp³-hybridized carbons (Fsp3) is 0.312. The molecule has 2 rings (SSSR count). The summed E-state index contributed by atoms with van der Waals surface area (Å²) in [4.78, 5) is 46.2. The molecule has 0 bridgehead atoms. The van der Waals surface area contributed by atoms with Crippen molar-refractivity contribution in [3.63, 3.8) is 0 Å². The van der Waals surface area contributed by atoms with Gasteiger partial charge >= 0.3 is 0 Å². The van der Waals surface area contributed by atoms with Gasteiger partial charge in [0, 0.05) is 24.6 Å². The summed E-state index contributed by atoms with van der Waals surface area (Å²) in [7, 11) is 0. The third-order valence-corrected chi connectivity index (χ3v) is 3.86. The van der Waals surface area contributed by atoms with Gasteiger partial charge in [-0.3, -0.25) is 19.7 Å². The number of ketones is 1. The number of aliphatic carboxylic acids is 1. The molecule has 0 fully saturated rings. The second-order valence-electron chi connectivity index (χ2n) is 5.55. The number of hydrogen-bond donors (Lipinski definition) is 1. The van der Waals surface area contributed by atoms with Crippen LogP contribution in [-0.4, -0.2) is 39.1 Å². The smallest absolute Gasteiger partial charge is 0.290 e. The lowest BCUT2D eigenvalue weighted by Crippen LogP contribution is -2.33. The first-order valence-electron chi connectivity index (χ1n) is 7.43. The number of carboxylic acids is 1. The Morgan fingerprint density at radius 3 is 2.60 bits per heavy atom. The largest absolute Gasteiger partial charge is 0.550 e. The summed E-state index contributed by atoms with van der Waals surface area (Å²) in [5, 5.41) is 31.5. The molecular weight excluding hydrogens is 332 g/mol. The molecule has 9 nitrogen and oxygen atoms in total. The number of benzene rings is 1. The third kappa shape index (κ3) is 3.65. The van der Waals surface area contributed by atoms with Crippen LogP contribution in [0.1, 0.15) is 31.4 Å². The van der Waals surface area contributed by atoms with Crippen LogP contribution >= 0.6 is 0 Å². The van der Waals surface area contributed by atoms with Crippen molar-refractivity contribution >= 4 is 23.3 Å². The van der Waals surface area contributed by atoms with Gasteiger partial charge in [-0.25, -0.2) is 0 Å². The number of nitro groups is 1. The Hall–Kier alpha value is -3.23. The SMILES string of the molecule is CC(=O)C1=C(O)C(=O)N(CCCC(=O)[O-])[C@H]1c1cccc([N+](=O)[O-])c1. The second-order valence-corrected chi connectivity index (χ2v) is 5.55. The number of amides is 1. The Balaban J connectivity index is 2.44. The Kier molecular flexibility index (Phi) is 5.16. The fourth-order valence-electron chi connectivity index (χ4n) is 2.79. The van der Waals surface area contributed by atoms with Crippen LogP contribution in [-0.2, 0) is 14.4 Å². The maximum atomic E-state index is 12.3. The van der Waals surface area contributed by atoms with E-state index in [1.54, 1.807) is 0 Å². The zero-order chi connectivity index (χ0) is 18.7. The minimum absolute atomic E-state index is 0.0535. The van der Waals surface area contributed by atoms with Crippen LogP contribution in [0.15, 0.2) is 35.6 Å². The van der Waals surface area contributed by atoms with Crippen molar-refractivity contribution in [2.75, 3.05) is 6.54 Å². The quantitative estimate of drug-likeness (QED) is 0.556. The molecule has 1 heterocycles. The molecule has 1 atom stereocenters. The van der Waals surface area contributed by atoms with Gasteiger partial charge in [0.1, 0.15) is 0 Å². The van der Waals surface area contributed by atoms with Gasteiger partial charge < -0.3 is 19.9 Å². The first-order valence-corrected chi connectivity index (χ1v) is 7.43. The first kappa shape index (κ1) is 18.1. The molecule has 1 aliphatic heterocycles. The van der Waals surface area contributed by atoms with E-state index in [1.807, 2.05) is 0 Å². The zero-order valence-electron chi connectivity index (χ0n) is 13.3. The van der Waals surface area contributed by atoms with Crippen molar-refractivity contribution in [2.24, 2.45) is 0 Å². The molecule has 0 saturated carbocycles. The highest BCUT2D eigenvalue weighted by molar-refractivity contribution is 6.08. The van der Waals surface area contributed by atoms with Crippen LogP contribution in [0.2, 0.25) is 0 Å². The monoisotopic (exact) mass is 347 g/mol. The van der Waals surface area contributed by atoms with Crippen molar-refractivity contribution < 1.29 is 29.5 Å². The number of carbonyl (C=O) groups is 3. The maximum Gasteiger partial charge on any atom is 0.290 e. The van der Waals surface area contributed by atoms with E-state index in [0.29, 0.717) is 0 Å². The van der Waals surface area contributed by atoms with E-state index in [-0.39, 0.29) is 36.2 Å². The van der Waals surface area contributed by atoms with Crippen molar-refractivity contribution in [2.45, 2.75) is 25.8 Å². The molecular formula is C16H15N2O7-. The summed E-state index contributed by atoms with van der Waals surface area (Å²) in [6.07, 6.45) is -0.250. The van der Waals surface area contributed by atoms with Crippen LogP contribution in [0.4, 0.5) is 5.69 Å². The van der Waals surface area contributed by atoms with Gasteiger partial charge in [-0.1, -0.05) is 12.1 Å². The lowest BCUT2D eigenvalue weighted by Gasteiger charge is -2.26. The Morgan fingerprint density at radius 2 is 2.04 bits per heavy atom. The number of hydrogen-bond acceptors (Lipinski definition) is 7. The number of nitrogens with zero attached hydrogens (tertiary/aromatic N) is 2. The average Bonchev–Trinajstić information content (AvgIpc) is 2.79. The molecule has 132 valence electrons. The number of Topliss-reactive ketones (excluding diaryl/α,β-unsaturated/α-hetero) is 1. The van der Waals surface area contributed by atoms with E-state index in [2.05, 4.69) is 0 Å². The van der Waals surface area contributed by atoms with Gasteiger partial charge in [-0.2, -0.15) is 0 Å². The molecule has 0 aliphatic carbocycles. The van der Waals surface area contributed by atoms with E-state index in [9.17, 15) is 34.7 Å². The lowest BCUT2D eigenvalue weighted by molar-refractivity contribution is -0.384. The molecule has 0 aromatic heterocycles. The van der Waals surface area contributed by atoms with Gasteiger partial charge in [-0.05, 0) is 25.3 Å². The topological polar surface area (TPSA) is 141 Å². The molecule has 1 aromatic rings. The van der Waals surface area contributed by atoms with Crippen LogP contribution in [0.5, 0.6) is 0 Å². The molecule has 1 aromatic carbocycles. The molecule has 0 spiro atoms. The van der Waals surface area contributed by atoms with Gasteiger partial charge in [0.15, 0.2) is 11.5 Å². The molecule has 0 unspecified atom stereocenters. The van der Waals surface area contributed by atoms with Crippen molar-refractivity contribution in [3.05, 3.63) is 51.3 Å². The first-order chi connectivity index (χ1) is 11.7. The number of non-ortho nitro benzene ring substituents is 1. The summed E-state index contributed by atoms with van der Waals surface area (Å²) in [5.41, 5.74) is -0.113. The van der Waals surface area contributed by atoms with Crippen molar-refractivity contribution in [1.29, 1.82) is 0 Å². The highest BCUT2D eigenvalue weighted by atomic mass is 16.6. The average molecular weight is 347 g/mol. The Bertz CT molecular complexity index is 784.